The molecule has 0 saturated heterocycles. The molecule has 1 atom stereocenters. The molecule has 0 radical (unpaired) electrons. The third-order valence-corrected chi connectivity index (χ3v) is 5.39. The first-order chi connectivity index (χ1) is 12.3. The molecule has 0 unspecified atom stereocenters. The van der Waals surface area contributed by atoms with E-state index in [1.54, 1.807) is 24.3 Å². The third kappa shape index (κ3) is 3.99. The molecular weight excluding hydrogens is 361 g/mol. The first kappa shape index (κ1) is 18.7. The molecule has 7 heteroatoms. The van der Waals surface area contributed by atoms with Crippen molar-refractivity contribution in [2.45, 2.75) is 32.6 Å². The molecule has 0 aliphatic carbocycles. The SMILES string of the molecule is Cc1oc(-c2cccc(C(F)(F)F)c2)nc1CN(C)[C@H](C)c1cccs1. The van der Waals surface area contributed by atoms with Crippen molar-refractivity contribution in [2.75, 3.05) is 7.05 Å². The van der Waals surface area contributed by atoms with Gasteiger partial charge < -0.3 is 4.42 Å². The average molecular weight is 380 g/mol. The van der Waals surface area contributed by atoms with Crippen LogP contribution >= 0.6 is 11.3 Å². The highest BCUT2D eigenvalue weighted by Crippen LogP contribution is 2.33. The second kappa shape index (κ2) is 7.25. The number of thiophene rings is 1. The minimum Gasteiger partial charge on any atom is -0.441 e. The van der Waals surface area contributed by atoms with Gasteiger partial charge in [0.2, 0.25) is 5.89 Å². The van der Waals surface area contributed by atoms with E-state index in [2.05, 4.69) is 22.9 Å². The number of halogens is 3. The maximum Gasteiger partial charge on any atom is 0.416 e. The first-order valence-electron chi connectivity index (χ1n) is 8.13. The number of rotatable bonds is 5. The highest BCUT2D eigenvalue weighted by molar-refractivity contribution is 7.10. The van der Waals surface area contributed by atoms with Crippen LogP contribution in [0, 0.1) is 6.92 Å². The van der Waals surface area contributed by atoms with E-state index in [9.17, 15) is 13.2 Å². The second-order valence-electron chi connectivity index (χ2n) is 6.21. The smallest absolute Gasteiger partial charge is 0.416 e. The van der Waals surface area contributed by atoms with Crippen LogP contribution in [0.3, 0.4) is 0 Å². The van der Waals surface area contributed by atoms with Crippen LogP contribution in [0.1, 0.15) is 34.9 Å². The largest absolute Gasteiger partial charge is 0.441 e. The van der Waals surface area contributed by atoms with Crippen molar-refractivity contribution in [3.05, 3.63) is 63.7 Å². The topological polar surface area (TPSA) is 29.3 Å². The fourth-order valence-electron chi connectivity index (χ4n) is 2.65. The predicted octanol–water partition coefficient (Wildman–Crippen LogP) is 5.92. The van der Waals surface area contributed by atoms with Crippen molar-refractivity contribution in [3.8, 4) is 11.5 Å². The molecule has 3 nitrogen and oxygen atoms in total. The third-order valence-electron chi connectivity index (χ3n) is 4.34. The van der Waals surface area contributed by atoms with Crippen LogP contribution < -0.4 is 0 Å². The number of alkyl halides is 3. The molecular formula is C19H19F3N2OS. The number of nitrogens with zero attached hydrogens (tertiary/aromatic N) is 2. The number of hydrogen-bond acceptors (Lipinski definition) is 4. The number of aromatic nitrogens is 1. The summed E-state index contributed by atoms with van der Waals surface area (Å²) in [6.45, 7) is 4.44. The zero-order valence-corrected chi connectivity index (χ0v) is 15.5. The molecule has 3 rings (SSSR count). The van der Waals surface area contributed by atoms with Crippen molar-refractivity contribution in [1.82, 2.24) is 9.88 Å². The summed E-state index contributed by atoms with van der Waals surface area (Å²) in [5.41, 5.74) is 0.335. The molecule has 0 amide bonds. The molecule has 3 aromatic rings. The molecule has 0 aliphatic heterocycles. The Bertz CT molecular complexity index is 871. The Balaban J connectivity index is 1.81. The quantitative estimate of drug-likeness (QED) is 0.550. The molecule has 26 heavy (non-hydrogen) atoms. The molecule has 0 aliphatic rings. The molecule has 0 N–H and O–H groups in total. The summed E-state index contributed by atoms with van der Waals surface area (Å²) in [4.78, 5) is 7.81. The monoisotopic (exact) mass is 380 g/mol. The van der Waals surface area contributed by atoms with Gasteiger partial charge in [-0.2, -0.15) is 13.2 Å². The highest BCUT2D eigenvalue weighted by atomic mass is 32.1. The van der Waals surface area contributed by atoms with E-state index >= 15 is 0 Å². The normalized spacial score (nSPS) is 13.3. The number of oxazole rings is 1. The molecule has 0 fully saturated rings. The van der Waals surface area contributed by atoms with Crippen molar-refractivity contribution >= 4 is 11.3 Å². The minimum absolute atomic E-state index is 0.209. The van der Waals surface area contributed by atoms with Crippen molar-refractivity contribution < 1.29 is 17.6 Å². The van der Waals surface area contributed by atoms with E-state index in [0.717, 1.165) is 17.8 Å². The summed E-state index contributed by atoms with van der Waals surface area (Å²) in [5.74, 6) is 0.823. The molecule has 0 spiro atoms. The lowest BCUT2D eigenvalue weighted by Gasteiger charge is -2.22. The summed E-state index contributed by atoms with van der Waals surface area (Å²) in [7, 11) is 1.99. The van der Waals surface area contributed by atoms with Gasteiger partial charge in [0.1, 0.15) is 5.76 Å². The van der Waals surface area contributed by atoms with E-state index in [0.29, 0.717) is 17.9 Å². The van der Waals surface area contributed by atoms with Gasteiger partial charge in [0.25, 0.3) is 0 Å². The van der Waals surface area contributed by atoms with Crippen molar-refractivity contribution in [3.63, 3.8) is 0 Å². The lowest BCUT2D eigenvalue weighted by Crippen LogP contribution is -2.21. The van der Waals surface area contributed by atoms with E-state index in [1.165, 1.54) is 10.9 Å². The van der Waals surface area contributed by atoms with E-state index in [4.69, 9.17) is 4.42 Å². The zero-order valence-electron chi connectivity index (χ0n) is 14.7. The van der Waals surface area contributed by atoms with Crippen molar-refractivity contribution in [1.29, 1.82) is 0 Å². The van der Waals surface area contributed by atoms with Crippen LogP contribution in [0.2, 0.25) is 0 Å². The average Bonchev–Trinajstić information content (AvgIpc) is 3.24. The van der Waals surface area contributed by atoms with E-state index in [-0.39, 0.29) is 11.9 Å². The maximum atomic E-state index is 12.9. The van der Waals surface area contributed by atoms with Gasteiger partial charge in [-0.05, 0) is 50.5 Å². The highest BCUT2D eigenvalue weighted by Gasteiger charge is 2.31. The number of hydrogen-bond donors (Lipinski definition) is 0. The second-order valence-corrected chi connectivity index (χ2v) is 7.19. The summed E-state index contributed by atoms with van der Waals surface area (Å²) in [6, 6.07) is 9.34. The van der Waals surface area contributed by atoms with Gasteiger partial charge in [-0.25, -0.2) is 4.98 Å². The minimum atomic E-state index is -4.39. The fraction of sp³-hybridized carbons (Fsp3) is 0.316. The van der Waals surface area contributed by atoms with Gasteiger partial charge >= 0.3 is 6.18 Å². The van der Waals surface area contributed by atoms with Gasteiger partial charge in [0.15, 0.2) is 0 Å². The molecule has 138 valence electrons. The van der Waals surface area contributed by atoms with Gasteiger partial charge in [-0.3, -0.25) is 4.90 Å². The number of benzene rings is 1. The van der Waals surface area contributed by atoms with Crippen LogP contribution in [0.25, 0.3) is 11.5 Å². The summed E-state index contributed by atoms with van der Waals surface area (Å²) in [6.07, 6.45) is -4.39. The van der Waals surface area contributed by atoms with Crippen LogP contribution in [0.15, 0.2) is 46.2 Å². The van der Waals surface area contributed by atoms with E-state index in [1.807, 2.05) is 18.5 Å². The molecule has 0 saturated carbocycles. The Kier molecular flexibility index (Phi) is 5.20. The Labute approximate surface area is 154 Å². The zero-order chi connectivity index (χ0) is 18.9. The lowest BCUT2D eigenvalue weighted by molar-refractivity contribution is -0.137. The molecule has 2 heterocycles. The molecule has 1 aromatic carbocycles. The Morgan fingerprint density at radius 3 is 2.65 bits per heavy atom. The first-order valence-corrected chi connectivity index (χ1v) is 9.01. The summed E-state index contributed by atoms with van der Waals surface area (Å²) >= 11 is 1.69. The maximum absolute atomic E-state index is 12.9. The van der Waals surface area contributed by atoms with Crippen LogP contribution in [0.5, 0.6) is 0 Å². The van der Waals surface area contributed by atoms with Crippen LogP contribution in [0.4, 0.5) is 13.2 Å². The lowest BCUT2D eigenvalue weighted by atomic mass is 10.1. The summed E-state index contributed by atoms with van der Waals surface area (Å²) in [5, 5.41) is 2.03. The van der Waals surface area contributed by atoms with Gasteiger partial charge in [-0.1, -0.05) is 12.1 Å². The van der Waals surface area contributed by atoms with Gasteiger partial charge in [0, 0.05) is 23.0 Å². The summed E-state index contributed by atoms with van der Waals surface area (Å²) < 4.78 is 44.4. The van der Waals surface area contributed by atoms with Crippen LogP contribution in [-0.4, -0.2) is 16.9 Å². The Morgan fingerprint density at radius 2 is 2.00 bits per heavy atom. The number of aryl methyl sites for hydroxylation is 1. The Morgan fingerprint density at radius 1 is 1.23 bits per heavy atom. The van der Waals surface area contributed by atoms with Crippen molar-refractivity contribution in [2.24, 2.45) is 0 Å². The fourth-order valence-corrected chi connectivity index (χ4v) is 3.49. The van der Waals surface area contributed by atoms with Gasteiger partial charge in [0.05, 0.1) is 11.3 Å². The predicted molar refractivity (Wildman–Crippen MR) is 95.9 cm³/mol. The standard InChI is InChI=1S/C19H19F3N2OS/c1-12(17-8-5-9-26-17)24(3)11-16-13(2)25-18(23-16)14-6-4-7-15(10-14)19(20,21)22/h4-10,12H,11H2,1-3H3/t12-/m1/s1. The van der Waals surface area contributed by atoms with E-state index < -0.39 is 11.7 Å². The molecule has 0 bridgehead atoms. The van der Waals surface area contributed by atoms with Crippen LogP contribution in [-0.2, 0) is 12.7 Å². The van der Waals surface area contributed by atoms with Gasteiger partial charge in [-0.15, -0.1) is 11.3 Å². The molecule has 2 aromatic heterocycles. The Hall–Kier alpha value is -2.12.